The van der Waals surface area contributed by atoms with Gasteiger partial charge in [0.1, 0.15) is 5.82 Å². The maximum Gasteiger partial charge on any atom is 0.133 e. The molecule has 1 aliphatic rings. The average molecular weight is 332 g/mol. The first-order valence-corrected chi connectivity index (χ1v) is 8.27. The van der Waals surface area contributed by atoms with Crippen molar-refractivity contribution in [3.8, 4) is 0 Å². The largest absolute Gasteiger partial charge is 0.324 e. The van der Waals surface area contributed by atoms with Crippen LogP contribution in [0.5, 0.6) is 0 Å². The Balaban J connectivity index is 1.69. The average Bonchev–Trinajstić information content (AvgIpc) is 3.23. The van der Waals surface area contributed by atoms with Gasteiger partial charge in [0.2, 0.25) is 0 Å². The summed E-state index contributed by atoms with van der Waals surface area (Å²) in [6.45, 7) is 0.813. The quantitative estimate of drug-likeness (QED) is 0.637. The van der Waals surface area contributed by atoms with E-state index in [0.717, 1.165) is 34.0 Å². The van der Waals surface area contributed by atoms with Crippen LogP contribution in [0.3, 0.4) is 0 Å². The fraction of sp³-hybridized carbons (Fsp3) is 0.0476. The number of rotatable bonds is 4. The molecule has 0 unspecified atom stereocenters. The number of nitrogens with zero attached hydrogens (tertiary/aromatic N) is 2. The van der Waals surface area contributed by atoms with E-state index in [9.17, 15) is 0 Å². The number of imidazole rings is 1. The highest BCUT2D eigenvalue weighted by Crippen LogP contribution is 2.28. The predicted octanol–water partition coefficient (Wildman–Crippen LogP) is 5.27. The summed E-state index contributed by atoms with van der Waals surface area (Å²) < 4.78 is 2.25. The molecule has 0 aliphatic heterocycles. The highest BCUT2D eigenvalue weighted by atomic mass is 35.5. The van der Waals surface area contributed by atoms with Gasteiger partial charge in [0.05, 0.1) is 11.0 Å². The van der Waals surface area contributed by atoms with Crippen molar-refractivity contribution in [2.75, 3.05) is 0 Å². The lowest BCUT2D eigenvalue weighted by atomic mass is 10.1. The van der Waals surface area contributed by atoms with Crippen molar-refractivity contribution in [2.45, 2.75) is 6.54 Å². The third kappa shape index (κ3) is 3.25. The molecule has 1 fully saturated rings. The Hall–Kier alpha value is -2.06. The summed E-state index contributed by atoms with van der Waals surface area (Å²) in [4.78, 5) is 4.78. The molecule has 117 valence electrons. The van der Waals surface area contributed by atoms with E-state index in [2.05, 4.69) is 60.6 Å². The lowest BCUT2D eigenvalue weighted by Gasteiger charge is -2.12. The molecule has 0 atom stereocenters. The summed E-state index contributed by atoms with van der Waals surface area (Å²) in [6.07, 6.45) is 12.5. The number of aromatic nitrogens is 2. The third-order valence-corrected chi connectivity index (χ3v) is 4.30. The molecule has 1 heterocycles. The van der Waals surface area contributed by atoms with Crippen molar-refractivity contribution in [3.63, 3.8) is 0 Å². The number of hydrogen-bond acceptors (Lipinski definition) is 1. The normalized spacial score (nSPS) is 15.7. The van der Waals surface area contributed by atoms with Crippen LogP contribution >= 0.6 is 11.6 Å². The maximum atomic E-state index is 5.95. The van der Waals surface area contributed by atoms with E-state index in [4.69, 9.17) is 16.6 Å². The SMILES string of the molecule is Clc1ccc(/C=C/c2nc3ccccc3n2C[C]2[CH][CH][CH][CH]2)cc1. The number of para-hydroxylation sites is 2. The Bertz CT molecular complexity index is 855. The zero-order chi connectivity index (χ0) is 16.4. The van der Waals surface area contributed by atoms with Gasteiger partial charge in [-0.25, -0.2) is 4.98 Å². The molecule has 0 saturated heterocycles. The number of fused-ring (bicyclic) bond motifs is 1. The zero-order valence-corrected chi connectivity index (χ0v) is 13.8. The van der Waals surface area contributed by atoms with Gasteiger partial charge in [0.15, 0.2) is 0 Å². The summed E-state index contributed by atoms with van der Waals surface area (Å²) >= 11 is 5.95. The molecule has 1 saturated carbocycles. The summed E-state index contributed by atoms with van der Waals surface area (Å²) in [5.74, 6) is 2.23. The fourth-order valence-corrected chi connectivity index (χ4v) is 2.96. The summed E-state index contributed by atoms with van der Waals surface area (Å²) in [5, 5.41) is 0.746. The molecule has 4 rings (SSSR count). The second-order valence-corrected chi connectivity index (χ2v) is 6.16. The fourth-order valence-electron chi connectivity index (χ4n) is 2.83. The van der Waals surface area contributed by atoms with Gasteiger partial charge in [-0.15, -0.1) is 0 Å². The van der Waals surface area contributed by atoms with Crippen molar-refractivity contribution in [2.24, 2.45) is 0 Å². The van der Waals surface area contributed by atoms with E-state index in [1.807, 2.05) is 30.3 Å². The molecule has 5 radical (unpaired) electrons. The summed E-state index contributed by atoms with van der Waals surface area (Å²) in [7, 11) is 0. The van der Waals surface area contributed by atoms with E-state index in [0.29, 0.717) is 0 Å². The second kappa shape index (κ2) is 6.82. The van der Waals surface area contributed by atoms with Crippen LogP contribution in [-0.2, 0) is 6.54 Å². The number of benzene rings is 2. The van der Waals surface area contributed by atoms with Crippen molar-refractivity contribution < 1.29 is 0 Å². The van der Waals surface area contributed by atoms with Gasteiger partial charge in [-0.3, -0.25) is 0 Å². The van der Waals surface area contributed by atoms with Crippen LogP contribution in [0.4, 0.5) is 0 Å². The third-order valence-electron chi connectivity index (χ3n) is 4.05. The highest BCUT2D eigenvalue weighted by molar-refractivity contribution is 6.30. The molecule has 3 aromatic rings. The van der Waals surface area contributed by atoms with E-state index >= 15 is 0 Å². The van der Waals surface area contributed by atoms with Crippen LogP contribution in [0.2, 0.25) is 5.02 Å². The molecule has 1 aliphatic carbocycles. The lowest BCUT2D eigenvalue weighted by Crippen LogP contribution is -2.08. The Labute approximate surface area is 147 Å². The van der Waals surface area contributed by atoms with E-state index in [-0.39, 0.29) is 0 Å². The Morgan fingerprint density at radius 3 is 2.46 bits per heavy atom. The van der Waals surface area contributed by atoms with Gasteiger partial charge in [-0.1, -0.05) is 41.9 Å². The highest BCUT2D eigenvalue weighted by Gasteiger charge is 2.19. The summed E-state index contributed by atoms with van der Waals surface area (Å²) in [5.41, 5.74) is 3.26. The molecule has 2 aromatic carbocycles. The number of hydrogen-bond donors (Lipinski definition) is 0. The molecule has 0 N–H and O–H groups in total. The van der Waals surface area contributed by atoms with Gasteiger partial charge >= 0.3 is 0 Å². The van der Waals surface area contributed by atoms with Gasteiger partial charge in [0.25, 0.3) is 0 Å². The molecule has 1 aromatic heterocycles. The maximum absolute atomic E-state index is 5.95. The summed E-state index contributed by atoms with van der Waals surface area (Å²) in [6, 6.07) is 16.0. The van der Waals surface area contributed by atoms with Crippen LogP contribution in [0, 0.1) is 31.6 Å². The minimum absolute atomic E-state index is 0.746. The van der Waals surface area contributed by atoms with Gasteiger partial charge in [0, 0.05) is 17.5 Å². The molecule has 2 nitrogen and oxygen atoms in total. The monoisotopic (exact) mass is 331 g/mol. The molecule has 3 heteroatoms. The van der Waals surface area contributed by atoms with E-state index in [1.165, 1.54) is 5.92 Å². The first kappa shape index (κ1) is 15.5. The van der Waals surface area contributed by atoms with Crippen molar-refractivity contribution in [1.82, 2.24) is 9.55 Å². The Morgan fingerprint density at radius 2 is 1.67 bits per heavy atom. The van der Waals surface area contributed by atoms with Gasteiger partial charge in [-0.2, -0.15) is 0 Å². The number of halogens is 1. The van der Waals surface area contributed by atoms with Crippen LogP contribution in [0.15, 0.2) is 48.5 Å². The standard InChI is InChI=1S/C21H16ClN2/c22-18-12-9-16(10-13-18)11-14-21-23-19-7-3-4-8-20(19)24(21)15-17-5-1-2-6-17/h1-14H,15H2/b14-11+. The second-order valence-electron chi connectivity index (χ2n) is 5.72. The zero-order valence-electron chi connectivity index (χ0n) is 13.1. The van der Waals surface area contributed by atoms with Crippen LogP contribution in [-0.4, -0.2) is 9.55 Å². The Kier molecular flexibility index (Phi) is 4.40. The smallest absolute Gasteiger partial charge is 0.133 e. The molecule has 0 bridgehead atoms. The van der Waals surface area contributed by atoms with Crippen molar-refractivity contribution in [3.05, 3.63) is 96.5 Å². The predicted molar refractivity (Wildman–Crippen MR) is 101 cm³/mol. The molecule has 0 amide bonds. The van der Waals surface area contributed by atoms with Crippen molar-refractivity contribution in [1.29, 1.82) is 0 Å². The van der Waals surface area contributed by atoms with E-state index in [1.54, 1.807) is 0 Å². The van der Waals surface area contributed by atoms with Crippen LogP contribution < -0.4 is 0 Å². The minimum Gasteiger partial charge on any atom is -0.324 e. The van der Waals surface area contributed by atoms with Crippen LogP contribution in [0.1, 0.15) is 11.4 Å². The van der Waals surface area contributed by atoms with Gasteiger partial charge in [-0.05, 0) is 61.6 Å². The van der Waals surface area contributed by atoms with Crippen LogP contribution in [0.25, 0.3) is 23.2 Å². The molecular weight excluding hydrogens is 316 g/mol. The molecule has 24 heavy (non-hydrogen) atoms. The van der Waals surface area contributed by atoms with Gasteiger partial charge < -0.3 is 4.57 Å². The Morgan fingerprint density at radius 1 is 0.917 bits per heavy atom. The minimum atomic E-state index is 0.746. The molecule has 0 spiro atoms. The molecular formula is C21H16ClN2. The lowest BCUT2D eigenvalue weighted by molar-refractivity contribution is 0.757. The first-order valence-electron chi connectivity index (χ1n) is 7.89. The topological polar surface area (TPSA) is 17.8 Å². The van der Waals surface area contributed by atoms with Crippen molar-refractivity contribution >= 4 is 34.8 Å². The first-order chi connectivity index (χ1) is 11.8. The van der Waals surface area contributed by atoms with E-state index < -0.39 is 0 Å².